The van der Waals surface area contributed by atoms with Gasteiger partial charge in [0.2, 0.25) is 0 Å². The molecule has 0 aromatic heterocycles. The Morgan fingerprint density at radius 1 is 1.00 bits per heavy atom. The van der Waals surface area contributed by atoms with Crippen LogP contribution in [0.25, 0.3) is 0 Å². The van der Waals surface area contributed by atoms with Crippen LogP contribution in [0.2, 0.25) is 0 Å². The predicted octanol–water partition coefficient (Wildman–Crippen LogP) is 2.06. The van der Waals surface area contributed by atoms with Gasteiger partial charge in [-0.2, -0.15) is 0 Å². The van der Waals surface area contributed by atoms with Gasteiger partial charge in [0, 0.05) is 38.0 Å². The van der Waals surface area contributed by atoms with E-state index in [0.717, 1.165) is 32.6 Å². The van der Waals surface area contributed by atoms with Gasteiger partial charge in [-0.1, -0.05) is 13.8 Å². The third kappa shape index (κ3) is 1.45. The van der Waals surface area contributed by atoms with Gasteiger partial charge in [0.05, 0.1) is 5.60 Å². The van der Waals surface area contributed by atoms with Crippen LogP contribution in [-0.2, 0) is 9.47 Å². The Balaban J connectivity index is 1.85. The molecule has 3 fully saturated rings. The van der Waals surface area contributed by atoms with Crippen LogP contribution in [0.4, 0.5) is 0 Å². The molecule has 2 spiro atoms. The largest absolute Gasteiger partial charge is 0.381 e. The zero-order valence-electron chi connectivity index (χ0n) is 10.5. The summed E-state index contributed by atoms with van der Waals surface area (Å²) in [6.45, 7) is 7.46. The molecule has 3 aliphatic rings. The van der Waals surface area contributed by atoms with Crippen LogP contribution in [0.3, 0.4) is 0 Å². The van der Waals surface area contributed by atoms with Gasteiger partial charge >= 0.3 is 0 Å². The van der Waals surface area contributed by atoms with Crippen molar-refractivity contribution in [3.05, 3.63) is 0 Å². The van der Waals surface area contributed by atoms with E-state index >= 15 is 0 Å². The van der Waals surface area contributed by atoms with Crippen molar-refractivity contribution in [3.8, 4) is 0 Å². The summed E-state index contributed by atoms with van der Waals surface area (Å²) >= 11 is 0. The number of ether oxygens (including phenoxy) is 2. The Morgan fingerprint density at radius 3 is 2.25 bits per heavy atom. The number of rotatable bonds is 0. The molecule has 0 aromatic carbocycles. The van der Waals surface area contributed by atoms with Crippen molar-refractivity contribution in [1.29, 1.82) is 0 Å². The molecule has 1 aliphatic carbocycles. The maximum Gasteiger partial charge on any atom is 0.120 e. The van der Waals surface area contributed by atoms with Gasteiger partial charge in [-0.05, 0) is 19.3 Å². The second-order valence-electron chi connectivity index (χ2n) is 6.29. The molecule has 0 bridgehead atoms. The molecule has 16 heavy (non-hydrogen) atoms. The molecule has 1 saturated carbocycles. The average Bonchev–Trinajstić information content (AvgIpc) is 2.22. The Labute approximate surface area is 97.9 Å². The number of hydrogen-bond donors (Lipinski definition) is 1. The molecule has 0 aromatic rings. The van der Waals surface area contributed by atoms with Crippen molar-refractivity contribution >= 4 is 0 Å². The van der Waals surface area contributed by atoms with E-state index in [1.807, 2.05) is 0 Å². The zero-order chi connectivity index (χ0) is 11.3. The molecule has 3 heteroatoms. The van der Waals surface area contributed by atoms with E-state index in [9.17, 15) is 0 Å². The van der Waals surface area contributed by atoms with Crippen LogP contribution >= 0.6 is 0 Å². The van der Waals surface area contributed by atoms with Crippen LogP contribution in [0.5, 0.6) is 0 Å². The monoisotopic (exact) mass is 225 g/mol. The van der Waals surface area contributed by atoms with Crippen molar-refractivity contribution < 1.29 is 9.47 Å². The van der Waals surface area contributed by atoms with E-state index in [4.69, 9.17) is 9.47 Å². The van der Waals surface area contributed by atoms with Gasteiger partial charge in [-0.25, -0.2) is 0 Å². The lowest BCUT2D eigenvalue weighted by molar-refractivity contribution is -0.295. The molecule has 3 nitrogen and oxygen atoms in total. The maximum absolute atomic E-state index is 6.56. The molecule has 1 N–H and O–H groups in total. The van der Waals surface area contributed by atoms with Crippen LogP contribution in [0.1, 0.15) is 46.0 Å². The maximum atomic E-state index is 6.56. The third-order valence-corrected chi connectivity index (χ3v) is 4.94. The predicted molar refractivity (Wildman–Crippen MR) is 62.2 cm³/mol. The van der Waals surface area contributed by atoms with E-state index in [-0.39, 0.29) is 16.7 Å². The van der Waals surface area contributed by atoms with Crippen molar-refractivity contribution in [2.24, 2.45) is 5.41 Å². The lowest BCUT2D eigenvalue weighted by Crippen LogP contribution is -2.70. The summed E-state index contributed by atoms with van der Waals surface area (Å²) in [5, 5.41) is 3.63. The molecule has 92 valence electrons. The van der Waals surface area contributed by atoms with E-state index in [1.54, 1.807) is 0 Å². The van der Waals surface area contributed by atoms with E-state index < -0.39 is 0 Å². The van der Waals surface area contributed by atoms with Gasteiger partial charge in [0.25, 0.3) is 0 Å². The van der Waals surface area contributed by atoms with Crippen molar-refractivity contribution in [3.63, 3.8) is 0 Å². The molecule has 0 radical (unpaired) electrons. The first kappa shape index (κ1) is 11.0. The topological polar surface area (TPSA) is 30.5 Å². The summed E-state index contributed by atoms with van der Waals surface area (Å²) in [6, 6.07) is 0. The van der Waals surface area contributed by atoms with E-state index in [2.05, 4.69) is 19.2 Å². The Bertz CT molecular complexity index is 278. The van der Waals surface area contributed by atoms with Gasteiger partial charge in [0.1, 0.15) is 5.72 Å². The molecule has 0 amide bonds. The fourth-order valence-electron chi connectivity index (χ4n) is 3.35. The van der Waals surface area contributed by atoms with Gasteiger partial charge in [-0.15, -0.1) is 0 Å². The lowest BCUT2D eigenvalue weighted by atomic mass is 9.67. The van der Waals surface area contributed by atoms with Crippen molar-refractivity contribution in [2.75, 3.05) is 19.8 Å². The smallest absolute Gasteiger partial charge is 0.120 e. The van der Waals surface area contributed by atoms with E-state index in [0.29, 0.717) is 0 Å². The Hall–Kier alpha value is -0.120. The van der Waals surface area contributed by atoms with Gasteiger partial charge in [0.15, 0.2) is 0 Å². The minimum absolute atomic E-state index is 0.0207. The summed E-state index contributed by atoms with van der Waals surface area (Å²) in [4.78, 5) is 0. The minimum Gasteiger partial charge on any atom is -0.381 e. The van der Waals surface area contributed by atoms with Crippen LogP contribution < -0.4 is 5.32 Å². The minimum atomic E-state index is 0.0207. The molecule has 2 saturated heterocycles. The normalized spacial score (nSPS) is 34.9. The fraction of sp³-hybridized carbons (Fsp3) is 1.00. The lowest BCUT2D eigenvalue weighted by Gasteiger charge is -2.61. The zero-order valence-corrected chi connectivity index (χ0v) is 10.5. The number of nitrogens with one attached hydrogen (secondary N) is 1. The second kappa shape index (κ2) is 3.44. The Morgan fingerprint density at radius 2 is 1.69 bits per heavy atom. The molecule has 2 aliphatic heterocycles. The molecule has 3 rings (SSSR count). The van der Waals surface area contributed by atoms with Crippen LogP contribution in [0.15, 0.2) is 0 Å². The summed E-state index contributed by atoms with van der Waals surface area (Å²) in [6.07, 6.45) is 5.80. The van der Waals surface area contributed by atoms with Gasteiger partial charge < -0.3 is 9.47 Å². The molecular weight excluding hydrogens is 202 g/mol. The highest BCUT2D eigenvalue weighted by Crippen LogP contribution is 2.51. The molecule has 0 unspecified atom stereocenters. The first-order valence-electron chi connectivity index (χ1n) is 6.61. The second-order valence-corrected chi connectivity index (χ2v) is 6.29. The summed E-state index contributed by atoms with van der Waals surface area (Å²) in [7, 11) is 0. The van der Waals surface area contributed by atoms with Crippen LogP contribution in [0, 0.1) is 5.41 Å². The highest BCUT2D eigenvalue weighted by atomic mass is 16.6. The van der Waals surface area contributed by atoms with Crippen molar-refractivity contribution in [2.45, 2.75) is 57.3 Å². The summed E-state index contributed by atoms with van der Waals surface area (Å²) < 4.78 is 12.1. The molecule has 0 atom stereocenters. The highest BCUT2D eigenvalue weighted by molar-refractivity contribution is 5.06. The Kier molecular flexibility index (Phi) is 2.36. The summed E-state index contributed by atoms with van der Waals surface area (Å²) in [5.74, 6) is 0. The molecular formula is C13H23NO2. The first-order chi connectivity index (χ1) is 7.58. The summed E-state index contributed by atoms with van der Waals surface area (Å²) in [5.41, 5.74) is 0.293. The van der Waals surface area contributed by atoms with Crippen LogP contribution in [-0.4, -0.2) is 31.1 Å². The van der Waals surface area contributed by atoms with Crippen molar-refractivity contribution in [1.82, 2.24) is 5.32 Å². The number of hydrogen-bond acceptors (Lipinski definition) is 3. The average molecular weight is 225 g/mol. The fourth-order valence-corrected chi connectivity index (χ4v) is 3.35. The third-order valence-electron chi connectivity index (χ3n) is 4.94. The van der Waals surface area contributed by atoms with Gasteiger partial charge in [-0.3, -0.25) is 5.32 Å². The SMILES string of the molecule is CC1(C)CNC2(CCC2)OC12CCOCC2. The van der Waals surface area contributed by atoms with E-state index in [1.165, 1.54) is 19.3 Å². The standard InChI is InChI=1S/C13H23NO2/c1-11(2)10-14-13(4-3-5-13)16-12(11)6-8-15-9-7-12/h14H,3-10H2,1-2H3. The highest BCUT2D eigenvalue weighted by Gasteiger charge is 2.57. The quantitative estimate of drug-likeness (QED) is 0.684. The first-order valence-corrected chi connectivity index (χ1v) is 6.61. The molecule has 2 heterocycles.